The molecule has 3 heterocycles. The van der Waals surface area contributed by atoms with Crippen molar-refractivity contribution in [1.82, 2.24) is 14.5 Å². The maximum atomic E-state index is 12.3. The van der Waals surface area contributed by atoms with Crippen molar-refractivity contribution in [1.29, 1.82) is 0 Å². The molecule has 1 aliphatic rings. The van der Waals surface area contributed by atoms with E-state index in [2.05, 4.69) is 10.6 Å². The summed E-state index contributed by atoms with van der Waals surface area (Å²) in [5.41, 5.74) is 2.09. The van der Waals surface area contributed by atoms with Gasteiger partial charge in [0.05, 0.1) is 23.8 Å². The van der Waals surface area contributed by atoms with Crippen LogP contribution in [0.1, 0.15) is 23.9 Å². The van der Waals surface area contributed by atoms with E-state index >= 15 is 0 Å². The Morgan fingerprint density at radius 3 is 2.91 bits per heavy atom. The number of aromatic nitrogens is 2. The molecule has 1 atom stereocenters. The number of amides is 1. The molecule has 1 aromatic carbocycles. The average Bonchev–Trinajstić information content (AvgIpc) is 3.22. The summed E-state index contributed by atoms with van der Waals surface area (Å²) in [5.74, 6) is 2.10. The van der Waals surface area contributed by atoms with Crippen molar-refractivity contribution in [3.05, 3.63) is 54.2 Å². The van der Waals surface area contributed by atoms with Crippen LogP contribution >= 0.6 is 0 Å². The van der Waals surface area contributed by atoms with Crippen LogP contribution in [0, 0.1) is 0 Å². The van der Waals surface area contributed by atoms with E-state index in [1.807, 2.05) is 42.3 Å². The van der Waals surface area contributed by atoms with Crippen molar-refractivity contribution >= 4 is 16.9 Å². The number of carbonyl (C=O) groups excluding carboxylic acids is 1. The molecule has 1 saturated heterocycles. The van der Waals surface area contributed by atoms with E-state index in [1.54, 1.807) is 6.26 Å². The molecule has 22 heavy (non-hydrogen) atoms. The van der Waals surface area contributed by atoms with Crippen LogP contribution in [0.3, 0.4) is 0 Å². The molecular formula is C17H17N3O2. The quantitative estimate of drug-likeness (QED) is 0.746. The number of benzene rings is 1. The number of imidazole rings is 1. The second-order valence-electron chi connectivity index (χ2n) is 5.77. The smallest absolute Gasteiger partial charge is 0.223 e. The van der Waals surface area contributed by atoms with Crippen LogP contribution in [0.25, 0.3) is 11.0 Å². The van der Waals surface area contributed by atoms with Gasteiger partial charge in [-0.3, -0.25) is 4.79 Å². The number of likely N-dealkylation sites (tertiary alicyclic amines) is 1. The van der Waals surface area contributed by atoms with E-state index < -0.39 is 0 Å². The number of fused-ring (bicyclic) bond motifs is 1. The largest absolute Gasteiger partial charge is 0.467 e. The molecule has 2 aromatic heterocycles. The molecule has 1 amide bonds. The summed E-state index contributed by atoms with van der Waals surface area (Å²) in [7, 11) is 2.02. The van der Waals surface area contributed by atoms with Gasteiger partial charge in [-0.05, 0) is 24.3 Å². The van der Waals surface area contributed by atoms with Gasteiger partial charge >= 0.3 is 0 Å². The van der Waals surface area contributed by atoms with Crippen LogP contribution in [-0.4, -0.2) is 26.9 Å². The Hall–Kier alpha value is -2.56. The first-order valence-corrected chi connectivity index (χ1v) is 7.44. The molecular weight excluding hydrogens is 278 g/mol. The zero-order valence-electron chi connectivity index (χ0n) is 12.4. The summed E-state index contributed by atoms with van der Waals surface area (Å²) in [5, 5.41) is 0. The topological polar surface area (TPSA) is 51.3 Å². The first kappa shape index (κ1) is 13.1. The Bertz CT molecular complexity index is 820. The summed E-state index contributed by atoms with van der Waals surface area (Å²) in [6, 6.07) is 11.8. The number of hydrogen-bond acceptors (Lipinski definition) is 3. The average molecular weight is 295 g/mol. The van der Waals surface area contributed by atoms with Crippen LogP contribution in [0.5, 0.6) is 0 Å². The van der Waals surface area contributed by atoms with Crippen LogP contribution in [0.15, 0.2) is 47.1 Å². The lowest BCUT2D eigenvalue weighted by Crippen LogP contribution is -2.24. The lowest BCUT2D eigenvalue weighted by molar-refractivity contribution is -0.128. The van der Waals surface area contributed by atoms with Crippen molar-refractivity contribution in [3.8, 4) is 0 Å². The number of hydrogen-bond donors (Lipinski definition) is 0. The SMILES string of the molecule is Cn1c([C@H]2CC(=O)N(Cc3ccco3)C2)nc2ccccc21. The molecule has 1 fully saturated rings. The fraction of sp³-hybridized carbons (Fsp3) is 0.294. The second-order valence-corrected chi connectivity index (χ2v) is 5.77. The molecule has 0 saturated carbocycles. The second kappa shape index (κ2) is 5.02. The van der Waals surface area contributed by atoms with E-state index in [1.165, 1.54) is 0 Å². The van der Waals surface area contributed by atoms with Crippen LogP contribution in [0.2, 0.25) is 0 Å². The van der Waals surface area contributed by atoms with Crippen molar-refractivity contribution in [2.24, 2.45) is 7.05 Å². The fourth-order valence-electron chi connectivity index (χ4n) is 3.22. The van der Waals surface area contributed by atoms with E-state index in [-0.39, 0.29) is 11.8 Å². The lowest BCUT2D eigenvalue weighted by atomic mass is 10.1. The molecule has 1 aliphatic heterocycles. The molecule has 5 heteroatoms. The Labute approximate surface area is 128 Å². The molecule has 0 unspecified atom stereocenters. The monoisotopic (exact) mass is 295 g/mol. The van der Waals surface area contributed by atoms with E-state index in [4.69, 9.17) is 9.40 Å². The highest BCUT2D eigenvalue weighted by atomic mass is 16.3. The zero-order valence-corrected chi connectivity index (χ0v) is 12.4. The summed E-state index contributed by atoms with van der Waals surface area (Å²) < 4.78 is 7.44. The summed E-state index contributed by atoms with van der Waals surface area (Å²) in [4.78, 5) is 18.8. The van der Waals surface area contributed by atoms with Crippen molar-refractivity contribution in [3.63, 3.8) is 0 Å². The Morgan fingerprint density at radius 1 is 1.27 bits per heavy atom. The number of nitrogens with zero attached hydrogens (tertiary/aromatic N) is 3. The van der Waals surface area contributed by atoms with Gasteiger partial charge < -0.3 is 13.9 Å². The third-order valence-electron chi connectivity index (χ3n) is 4.33. The van der Waals surface area contributed by atoms with Crippen molar-refractivity contribution in [2.45, 2.75) is 18.9 Å². The fourth-order valence-corrected chi connectivity index (χ4v) is 3.22. The van der Waals surface area contributed by atoms with E-state index in [0.717, 1.165) is 22.6 Å². The van der Waals surface area contributed by atoms with Crippen LogP contribution in [-0.2, 0) is 18.4 Å². The predicted molar refractivity (Wildman–Crippen MR) is 82.2 cm³/mol. The molecule has 4 rings (SSSR count). The number of furan rings is 1. The summed E-state index contributed by atoms with van der Waals surface area (Å²) >= 11 is 0. The molecule has 0 bridgehead atoms. The van der Waals surface area contributed by atoms with Gasteiger partial charge in [0.1, 0.15) is 11.6 Å². The number of carbonyl (C=O) groups is 1. The Morgan fingerprint density at radius 2 is 2.14 bits per heavy atom. The zero-order chi connectivity index (χ0) is 15.1. The summed E-state index contributed by atoms with van der Waals surface area (Å²) in [6.07, 6.45) is 2.15. The first-order chi connectivity index (χ1) is 10.7. The number of aryl methyl sites for hydroxylation is 1. The third kappa shape index (κ3) is 2.09. The lowest BCUT2D eigenvalue weighted by Gasteiger charge is -2.15. The van der Waals surface area contributed by atoms with Gasteiger partial charge in [0.25, 0.3) is 0 Å². The maximum absolute atomic E-state index is 12.3. The molecule has 3 aromatic rings. The third-order valence-corrected chi connectivity index (χ3v) is 4.33. The van der Waals surface area contributed by atoms with Gasteiger partial charge in [-0.25, -0.2) is 4.98 Å². The molecule has 0 N–H and O–H groups in total. The Kier molecular flexibility index (Phi) is 2.99. The first-order valence-electron chi connectivity index (χ1n) is 7.44. The molecule has 112 valence electrons. The minimum atomic E-state index is 0.139. The number of para-hydroxylation sites is 2. The van der Waals surface area contributed by atoms with E-state index in [9.17, 15) is 4.79 Å². The van der Waals surface area contributed by atoms with Crippen LogP contribution < -0.4 is 0 Å². The molecule has 0 radical (unpaired) electrons. The minimum absolute atomic E-state index is 0.139. The van der Waals surface area contributed by atoms with Gasteiger partial charge in [0, 0.05) is 25.9 Å². The molecule has 5 nitrogen and oxygen atoms in total. The highest BCUT2D eigenvalue weighted by Crippen LogP contribution is 2.30. The van der Waals surface area contributed by atoms with Gasteiger partial charge in [0.2, 0.25) is 5.91 Å². The van der Waals surface area contributed by atoms with Crippen LogP contribution in [0.4, 0.5) is 0 Å². The normalized spacial score (nSPS) is 18.5. The van der Waals surface area contributed by atoms with E-state index in [0.29, 0.717) is 19.5 Å². The standard InChI is InChI=1S/C17H17N3O2/c1-19-15-7-3-2-6-14(15)18-17(19)12-9-16(21)20(10-12)11-13-5-4-8-22-13/h2-8,12H,9-11H2,1H3/t12-/m0/s1. The summed E-state index contributed by atoms with van der Waals surface area (Å²) in [6.45, 7) is 1.23. The number of rotatable bonds is 3. The molecule has 0 aliphatic carbocycles. The van der Waals surface area contributed by atoms with Gasteiger partial charge in [-0.2, -0.15) is 0 Å². The van der Waals surface area contributed by atoms with Crippen molar-refractivity contribution in [2.75, 3.05) is 6.54 Å². The predicted octanol–water partition coefficient (Wildman–Crippen LogP) is 2.68. The minimum Gasteiger partial charge on any atom is -0.467 e. The maximum Gasteiger partial charge on any atom is 0.223 e. The highest BCUT2D eigenvalue weighted by Gasteiger charge is 2.33. The van der Waals surface area contributed by atoms with Gasteiger partial charge in [0.15, 0.2) is 0 Å². The highest BCUT2D eigenvalue weighted by molar-refractivity contribution is 5.80. The molecule has 0 spiro atoms. The van der Waals surface area contributed by atoms with Gasteiger partial charge in [-0.15, -0.1) is 0 Å². The Balaban J connectivity index is 1.60. The van der Waals surface area contributed by atoms with Gasteiger partial charge in [-0.1, -0.05) is 12.1 Å². The van der Waals surface area contributed by atoms with Crippen molar-refractivity contribution < 1.29 is 9.21 Å².